The molecular formula is C17H29NO5. The Hall–Kier alpha value is -1.30. The van der Waals surface area contributed by atoms with Crippen LogP contribution in [-0.4, -0.2) is 53.0 Å². The molecule has 2 aliphatic rings. The van der Waals surface area contributed by atoms with Gasteiger partial charge in [0.2, 0.25) is 0 Å². The Kier molecular flexibility index (Phi) is 5.55. The second-order valence-corrected chi connectivity index (χ2v) is 7.62. The lowest BCUT2D eigenvalue weighted by atomic mass is 9.72. The molecule has 1 saturated carbocycles. The molecule has 1 heterocycles. The summed E-state index contributed by atoms with van der Waals surface area (Å²) in [7, 11) is 0. The lowest BCUT2D eigenvalue weighted by Gasteiger charge is -2.45. The summed E-state index contributed by atoms with van der Waals surface area (Å²) in [5.74, 6) is 0.195. The van der Waals surface area contributed by atoms with Gasteiger partial charge < -0.3 is 14.6 Å². The van der Waals surface area contributed by atoms with Gasteiger partial charge in [-0.2, -0.15) is 0 Å². The number of rotatable bonds is 2. The minimum absolute atomic E-state index is 0.256. The molecule has 23 heavy (non-hydrogen) atoms. The molecule has 1 N–H and O–H groups in total. The van der Waals surface area contributed by atoms with Crippen LogP contribution in [-0.2, 0) is 14.3 Å². The summed E-state index contributed by atoms with van der Waals surface area (Å²) in [5.41, 5.74) is -0.601. The smallest absolute Gasteiger partial charge is 0.411 e. The highest BCUT2D eigenvalue weighted by Gasteiger charge is 2.45. The highest BCUT2D eigenvalue weighted by Crippen LogP contribution is 2.39. The van der Waals surface area contributed by atoms with Gasteiger partial charge in [0.05, 0.1) is 12.7 Å². The second kappa shape index (κ2) is 7.07. The highest BCUT2D eigenvalue weighted by atomic mass is 16.6. The van der Waals surface area contributed by atoms with Gasteiger partial charge in [0.1, 0.15) is 11.6 Å². The van der Waals surface area contributed by atoms with E-state index in [2.05, 4.69) is 0 Å². The summed E-state index contributed by atoms with van der Waals surface area (Å²) in [6, 6.07) is -0.614. The Morgan fingerprint density at radius 2 is 1.87 bits per heavy atom. The van der Waals surface area contributed by atoms with Crippen LogP contribution in [0, 0.1) is 11.8 Å². The topological polar surface area (TPSA) is 76.1 Å². The first kappa shape index (κ1) is 18.0. The Bertz CT molecular complexity index is 445. The summed E-state index contributed by atoms with van der Waals surface area (Å²) >= 11 is 0. The van der Waals surface area contributed by atoms with E-state index in [4.69, 9.17) is 9.47 Å². The molecule has 0 aromatic carbocycles. The lowest BCUT2D eigenvalue weighted by Crippen LogP contribution is -2.56. The minimum Gasteiger partial charge on any atom is -0.464 e. The zero-order chi connectivity index (χ0) is 17.2. The number of nitrogens with zero attached hydrogens (tertiary/aromatic N) is 1. The molecule has 6 nitrogen and oxygen atoms in total. The van der Waals surface area contributed by atoms with Gasteiger partial charge in [-0.25, -0.2) is 9.59 Å². The van der Waals surface area contributed by atoms with Crippen molar-refractivity contribution >= 4 is 12.1 Å². The molecule has 1 aliphatic carbocycles. The molecule has 0 spiro atoms. The van der Waals surface area contributed by atoms with Crippen LogP contribution in [0.3, 0.4) is 0 Å². The fourth-order valence-corrected chi connectivity index (χ4v) is 3.61. The predicted molar refractivity (Wildman–Crippen MR) is 84.8 cm³/mol. The van der Waals surface area contributed by atoms with E-state index in [1.165, 1.54) is 4.90 Å². The van der Waals surface area contributed by atoms with Gasteiger partial charge in [0.25, 0.3) is 0 Å². The van der Waals surface area contributed by atoms with Gasteiger partial charge in [0, 0.05) is 6.54 Å². The number of esters is 1. The SMILES string of the molecule is CCOC(=O)[C@@H]1C[C@H]2C[C@H](O)CC[C@H]2CN1C(=O)OC(C)(C)C. The molecule has 1 amide bonds. The van der Waals surface area contributed by atoms with E-state index >= 15 is 0 Å². The number of piperidine rings is 1. The fourth-order valence-electron chi connectivity index (χ4n) is 3.61. The number of ether oxygens (including phenoxy) is 2. The van der Waals surface area contributed by atoms with Crippen LogP contribution in [0.25, 0.3) is 0 Å². The van der Waals surface area contributed by atoms with Gasteiger partial charge in [0.15, 0.2) is 0 Å². The molecule has 0 bridgehead atoms. The average Bonchev–Trinajstić information content (AvgIpc) is 2.44. The summed E-state index contributed by atoms with van der Waals surface area (Å²) in [4.78, 5) is 26.3. The van der Waals surface area contributed by atoms with Crippen molar-refractivity contribution in [3.05, 3.63) is 0 Å². The van der Waals surface area contributed by atoms with Crippen molar-refractivity contribution in [1.29, 1.82) is 0 Å². The van der Waals surface area contributed by atoms with Crippen molar-refractivity contribution < 1.29 is 24.2 Å². The summed E-state index contributed by atoms with van der Waals surface area (Å²) in [5, 5.41) is 9.88. The number of fused-ring (bicyclic) bond motifs is 1. The van der Waals surface area contributed by atoms with E-state index in [9.17, 15) is 14.7 Å². The van der Waals surface area contributed by atoms with E-state index in [1.54, 1.807) is 6.92 Å². The molecule has 0 aromatic rings. The Morgan fingerprint density at radius 1 is 1.17 bits per heavy atom. The highest BCUT2D eigenvalue weighted by molar-refractivity contribution is 5.82. The van der Waals surface area contributed by atoms with Crippen molar-refractivity contribution in [1.82, 2.24) is 4.90 Å². The molecular weight excluding hydrogens is 298 g/mol. The molecule has 0 unspecified atom stereocenters. The molecule has 4 atom stereocenters. The molecule has 2 rings (SSSR count). The van der Waals surface area contributed by atoms with Crippen LogP contribution in [0.1, 0.15) is 53.4 Å². The minimum atomic E-state index is -0.614. The maximum absolute atomic E-state index is 12.5. The Balaban J connectivity index is 2.15. The third-order valence-electron chi connectivity index (χ3n) is 4.63. The van der Waals surface area contributed by atoms with Crippen LogP contribution in [0.4, 0.5) is 4.79 Å². The van der Waals surface area contributed by atoms with Gasteiger partial charge in [-0.3, -0.25) is 4.90 Å². The van der Waals surface area contributed by atoms with Crippen LogP contribution in [0.5, 0.6) is 0 Å². The zero-order valence-electron chi connectivity index (χ0n) is 14.6. The number of amides is 1. The first-order valence-corrected chi connectivity index (χ1v) is 8.55. The first-order chi connectivity index (χ1) is 10.7. The number of aliphatic hydroxyl groups excluding tert-OH is 1. The predicted octanol–water partition coefficient (Wildman–Crippen LogP) is 2.34. The number of carbonyl (C=O) groups excluding carboxylic acids is 2. The van der Waals surface area contributed by atoms with Crippen LogP contribution in [0.2, 0.25) is 0 Å². The van der Waals surface area contributed by atoms with Crippen LogP contribution < -0.4 is 0 Å². The van der Waals surface area contributed by atoms with Crippen molar-refractivity contribution in [3.8, 4) is 0 Å². The standard InChI is InChI=1S/C17H29NO5/c1-5-22-15(20)14-9-12-8-13(19)7-6-11(12)10-18(14)16(21)23-17(2,3)4/h11-14,19H,5-10H2,1-4H3/t11-,12+,13+,14-/m0/s1. The molecule has 1 aliphatic heterocycles. The second-order valence-electron chi connectivity index (χ2n) is 7.62. The van der Waals surface area contributed by atoms with E-state index in [0.29, 0.717) is 25.3 Å². The average molecular weight is 327 g/mol. The van der Waals surface area contributed by atoms with Gasteiger partial charge >= 0.3 is 12.1 Å². The van der Waals surface area contributed by atoms with E-state index < -0.39 is 17.7 Å². The molecule has 6 heteroatoms. The van der Waals surface area contributed by atoms with Crippen molar-refractivity contribution in [2.45, 2.75) is 71.1 Å². The monoisotopic (exact) mass is 327 g/mol. The summed E-state index contributed by atoms with van der Waals surface area (Å²) in [6.07, 6.45) is 2.11. The van der Waals surface area contributed by atoms with E-state index in [-0.39, 0.29) is 24.6 Å². The summed E-state index contributed by atoms with van der Waals surface area (Å²) in [6.45, 7) is 7.98. The maximum atomic E-state index is 12.5. The lowest BCUT2D eigenvalue weighted by molar-refractivity contribution is -0.153. The molecule has 1 saturated heterocycles. The fraction of sp³-hybridized carbons (Fsp3) is 0.882. The number of aliphatic hydroxyl groups is 1. The van der Waals surface area contributed by atoms with E-state index in [0.717, 1.165) is 12.8 Å². The Labute approximate surface area is 138 Å². The third-order valence-corrected chi connectivity index (χ3v) is 4.63. The van der Waals surface area contributed by atoms with Crippen LogP contribution in [0.15, 0.2) is 0 Å². The van der Waals surface area contributed by atoms with Gasteiger partial charge in [-0.1, -0.05) is 0 Å². The molecule has 132 valence electrons. The largest absolute Gasteiger partial charge is 0.464 e. The normalized spacial score (nSPS) is 31.3. The zero-order valence-corrected chi connectivity index (χ0v) is 14.6. The molecule has 0 aromatic heterocycles. The quantitative estimate of drug-likeness (QED) is 0.788. The van der Waals surface area contributed by atoms with Crippen molar-refractivity contribution in [2.75, 3.05) is 13.2 Å². The summed E-state index contributed by atoms with van der Waals surface area (Å²) < 4.78 is 10.6. The van der Waals surface area contributed by atoms with Crippen molar-refractivity contribution in [2.24, 2.45) is 11.8 Å². The number of hydrogen-bond donors (Lipinski definition) is 1. The number of carbonyl (C=O) groups is 2. The van der Waals surface area contributed by atoms with Gasteiger partial charge in [-0.15, -0.1) is 0 Å². The Morgan fingerprint density at radius 3 is 2.48 bits per heavy atom. The maximum Gasteiger partial charge on any atom is 0.411 e. The first-order valence-electron chi connectivity index (χ1n) is 8.55. The van der Waals surface area contributed by atoms with E-state index in [1.807, 2.05) is 20.8 Å². The molecule has 0 radical (unpaired) electrons. The van der Waals surface area contributed by atoms with Gasteiger partial charge in [-0.05, 0) is 65.2 Å². The third kappa shape index (κ3) is 4.59. The van der Waals surface area contributed by atoms with Crippen LogP contribution >= 0.6 is 0 Å². The molecule has 2 fully saturated rings. The number of likely N-dealkylation sites (tertiary alicyclic amines) is 1. The number of hydrogen-bond acceptors (Lipinski definition) is 5. The van der Waals surface area contributed by atoms with Crippen molar-refractivity contribution in [3.63, 3.8) is 0 Å².